The quantitative estimate of drug-likeness (QED) is 0.772. The Hall–Kier alpha value is -1.68. The molecule has 4 heteroatoms. The highest BCUT2D eigenvalue weighted by molar-refractivity contribution is 9.09. The zero-order chi connectivity index (χ0) is 14.2. The number of hydrogen-bond acceptors (Lipinski definition) is 3. The SMILES string of the molecule is BrC(c1ccc2c(c1)CCO2)c1ccc2c(c1)OCCO2. The number of alkyl halides is 1. The Bertz CT molecular complexity index is 684. The van der Waals surface area contributed by atoms with Gasteiger partial charge in [0.05, 0.1) is 11.4 Å². The number of hydrogen-bond donors (Lipinski definition) is 0. The first-order chi connectivity index (χ1) is 10.3. The Balaban J connectivity index is 1.66. The molecule has 0 saturated heterocycles. The summed E-state index contributed by atoms with van der Waals surface area (Å²) in [6.07, 6.45) is 0.990. The molecule has 108 valence electrons. The summed E-state index contributed by atoms with van der Waals surface area (Å²) in [4.78, 5) is 0.138. The van der Waals surface area contributed by atoms with E-state index in [1.807, 2.05) is 6.07 Å². The molecule has 0 aliphatic carbocycles. The fourth-order valence-electron chi connectivity index (χ4n) is 2.77. The van der Waals surface area contributed by atoms with Gasteiger partial charge in [0.25, 0.3) is 0 Å². The summed E-state index contributed by atoms with van der Waals surface area (Å²) in [5.74, 6) is 2.67. The van der Waals surface area contributed by atoms with Crippen molar-refractivity contribution in [3.63, 3.8) is 0 Å². The van der Waals surface area contributed by atoms with E-state index in [0.717, 1.165) is 35.8 Å². The lowest BCUT2D eigenvalue weighted by Gasteiger charge is -2.20. The molecule has 2 aromatic carbocycles. The van der Waals surface area contributed by atoms with Crippen LogP contribution in [0.2, 0.25) is 0 Å². The van der Waals surface area contributed by atoms with Gasteiger partial charge in [-0.1, -0.05) is 34.1 Å². The van der Waals surface area contributed by atoms with Gasteiger partial charge in [0.15, 0.2) is 11.5 Å². The topological polar surface area (TPSA) is 27.7 Å². The Morgan fingerprint density at radius 3 is 2.29 bits per heavy atom. The minimum Gasteiger partial charge on any atom is -0.493 e. The van der Waals surface area contributed by atoms with Gasteiger partial charge in [0.1, 0.15) is 19.0 Å². The fraction of sp³-hybridized carbons (Fsp3) is 0.294. The van der Waals surface area contributed by atoms with Gasteiger partial charge in [-0.25, -0.2) is 0 Å². The van der Waals surface area contributed by atoms with E-state index >= 15 is 0 Å². The van der Waals surface area contributed by atoms with Crippen LogP contribution in [0.1, 0.15) is 21.5 Å². The van der Waals surface area contributed by atoms with E-state index in [9.17, 15) is 0 Å². The molecule has 21 heavy (non-hydrogen) atoms. The molecule has 0 amide bonds. The van der Waals surface area contributed by atoms with Crippen LogP contribution < -0.4 is 14.2 Å². The highest BCUT2D eigenvalue weighted by Gasteiger charge is 2.19. The molecule has 0 fully saturated rings. The molecular formula is C17H15BrO3. The third-order valence-electron chi connectivity index (χ3n) is 3.87. The van der Waals surface area contributed by atoms with E-state index in [1.54, 1.807) is 0 Å². The second-order valence-electron chi connectivity index (χ2n) is 5.23. The van der Waals surface area contributed by atoms with Gasteiger partial charge in [0.2, 0.25) is 0 Å². The van der Waals surface area contributed by atoms with Gasteiger partial charge in [0, 0.05) is 6.42 Å². The Kier molecular flexibility index (Phi) is 3.26. The highest BCUT2D eigenvalue weighted by atomic mass is 79.9. The molecule has 1 atom stereocenters. The molecule has 2 aliphatic rings. The number of fused-ring (bicyclic) bond motifs is 2. The lowest BCUT2D eigenvalue weighted by molar-refractivity contribution is 0.171. The van der Waals surface area contributed by atoms with Gasteiger partial charge in [-0.3, -0.25) is 0 Å². The van der Waals surface area contributed by atoms with Crippen LogP contribution in [-0.4, -0.2) is 19.8 Å². The minimum absolute atomic E-state index is 0.138. The van der Waals surface area contributed by atoms with Gasteiger partial charge in [-0.2, -0.15) is 0 Å². The van der Waals surface area contributed by atoms with Crippen LogP contribution in [0, 0.1) is 0 Å². The third-order valence-corrected chi connectivity index (χ3v) is 4.92. The Morgan fingerprint density at radius 2 is 1.43 bits per heavy atom. The van der Waals surface area contributed by atoms with Crippen LogP contribution in [0.3, 0.4) is 0 Å². The summed E-state index contributed by atoms with van der Waals surface area (Å²) in [5, 5.41) is 0. The van der Waals surface area contributed by atoms with Crippen LogP contribution in [0.25, 0.3) is 0 Å². The average Bonchev–Trinajstić information content (AvgIpc) is 3.01. The van der Waals surface area contributed by atoms with Crippen LogP contribution in [0.4, 0.5) is 0 Å². The third kappa shape index (κ3) is 2.38. The first-order valence-corrected chi connectivity index (χ1v) is 8.02. The van der Waals surface area contributed by atoms with E-state index in [1.165, 1.54) is 11.1 Å². The Morgan fingerprint density at radius 1 is 0.762 bits per heavy atom. The zero-order valence-corrected chi connectivity index (χ0v) is 13.1. The molecule has 0 N–H and O–H groups in total. The normalized spacial score (nSPS) is 17.0. The number of benzene rings is 2. The molecule has 2 aliphatic heterocycles. The van der Waals surface area contributed by atoms with Crippen molar-refractivity contribution in [3.8, 4) is 17.2 Å². The van der Waals surface area contributed by atoms with Crippen molar-refractivity contribution in [2.45, 2.75) is 11.2 Å². The van der Waals surface area contributed by atoms with E-state index in [4.69, 9.17) is 14.2 Å². The van der Waals surface area contributed by atoms with Crippen LogP contribution in [-0.2, 0) is 6.42 Å². The smallest absolute Gasteiger partial charge is 0.161 e. The summed E-state index contributed by atoms with van der Waals surface area (Å²) < 4.78 is 16.8. The van der Waals surface area contributed by atoms with Crippen molar-refractivity contribution < 1.29 is 14.2 Å². The zero-order valence-electron chi connectivity index (χ0n) is 11.5. The number of rotatable bonds is 2. The molecule has 0 saturated carbocycles. The first kappa shape index (κ1) is 13.0. The van der Waals surface area contributed by atoms with Crippen molar-refractivity contribution in [2.24, 2.45) is 0 Å². The van der Waals surface area contributed by atoms with Crippen molar-refractivity contribution >= 4 is 15.9 Å². The standard InChI is InChI=1S/C17H15BrO3/c18-17(12-1-3-14-11(9-12)5-6-19-14)13-2-4-15-16(10-13)21-8-7-20-15/h1-4,9-10,17H,5-8H2. The van der Waals surface area contributed by atoms with Gasteiger partial charge < -0.3 is 14.2 Å². The lowest BCUT2D eigenvalue weighted by atomic mass is 10.0. The van der Waals surface area contributed by atoms with Crippen LogP contribution in [0.15, 0.2) is 36.4 Å². The predicted octanol–water partition coefficient (Wildman–Crippen LogP) is 3.88. The second kappa shape index (κ2) is 5.26. The first-order valence-electron chi connectivity index (χ1n) is 7.10. The Labute approximate surface area is 132 Å². The van der Waals surface area contributed by atoms with Crippen molar-refractivity contribution in [1.82, 2.24) is 0 Å². The minimum atomic E-state index is 0.138. The molecule has 0 spiro atoms. The maximum absolute atomic E-state index is 5.66. The molecular weight excluding hydrogens is 332 g/mol. The van der Waals surface area contributed by atoms with Crippen molar-refractivity contribution in [2.75, 3.05) is 19.8 Å². The highest BCUT2D eigenvalue weighted by Crippen LogP contribution is 2.39. The van der Waals surface area contributed by atoms with Crippen molar-refractivity contribution in [3.05, 3.63) is 53.1 Å². The van der Waals surface area contributed by atoms with Crippen LogP contribution in [0.5, 0.6) is 17.2 Å². The summed E-state index contributed by atoms with van der Waals surface area (Å²) in [6, 6.07) is 12.5. The van der Waals surface area contributed by atoms with Gasteiger partial charge >= 0.3 is 0 Å². The predicted molar refractivity (Wildman–Crippen MR) is 83.8 cm³/mol. The molecule has 0 radical (unpaired) electrons. The number of halogens is 1. The molecule has 3 nitrogen and oxygen atoms in total. The van der Waals surface area contributed by atoms with Gasteiger partial charge in [-0.15, -0.1) is 0 Å². The number of ether oxygens (including phenoxy) is 3. The van der Waals surface area contributed by atoms with Gasteiger partial charge in [-0.05, 0) is 34.9 Å². The van der Waals surface area contributed by atoms with Crippen LogP contribution >= 0.6 is 15.9 Å². The fourth-order valence-corrected chi connectivity index (χ4v) is 3.34. The maximum atomic E-state index is 5.66. The van der Waals surface area contributed by atoms with Crippen molar-refractivity contribution in [1.29, 1.82) is 0 Å². The largest absolute Gasteiger partial charge is 0.493 e. The summed E-state index contributed by atoms with van der Waals surface area (Å²) >= 11 is 3.79. The summed E-state index contributed by atoms with van der Waals surface area (Å²) in [7, 11) is 0. The monoisotopic (exact) mass is 346 g/mol. The molecule has 2 heterocycles. The molecule has 0 bridgehead atoms. The maximum Gasteiger partial charge on any atom is 0.161 e. The second-order valence-corrected chi connectivity index (χ2v) is 6.15. The van der Waals surface area contributed by atoms with E-state index < -0.39 is 0 Å². The molecule has 2 aromatic rings. The lowest BCUT2D eigenvalue weighted by Crippen LogP contribution is -2.15. The van der Waals surface area contributed by atoms with E-state index in [-0.39, 0.29) is 4.83 Å². The molecule has 0 aromatic heterocycles. The van der Waals surface area contributed by atoms with E-state index in [0.29, 0.717) is 13.2 Å². The molecule has 4 rings (SSSR count). The summed E-state index contributed by atoms with van der Waals surface area (Å²) in [6.45, 7) is 2.02. The summed E-state index contributed by atoms with van der Waals surface area (Å²) in [5.41, 5.74) is 3.68. The molecule has 1 unspecified atom stereocenters. The average molecular weight is 347 g/mol. The van der Waals surface area contributed by atoms with E-state index in [2.05, 4.69) is 46.3 Å².